The molecular formula is C48H66N8O10. The number of benzene rings is 3. The molecule has 18 heteroatoms. The molecule has 1 heterocycles. The van der Waals surface area contributed by atoms with Crippen molar-refractivity contribution in [3.8, 4) is 0 Å². The Hall–Kier alpha value is -6.05. The molecule has 0 spiro atoms. The topological polar surface area (TPSA) is 244 Å². The van der Waals surface area contributed by atoms with Crippen LogP contribution in [0.15, 0.2) is 97.2 Å². The highest BCUT2D eigenvalue weighted by Crippen LogP contribution is 2.14. The predicted octanol–water partition coefficient (Wildman–Crippen LogP) is 2.46. The molecule has 0 bridgehead atoms. The van der Waals surface area contributed by atoms with Crippen LogP contribution in [0.25, 0.3) is 0 Å². The second-order valence-electron chi connectivity index (χ2n) is 16.4. The van der Waals surface area contributed by atoms with Gasteiger partial charge in [-0.2, -0.15) is 0 Å². The number of aliphatic hydroxyl groups excluding tert-OH is 2. The van der Waals surface area contributed by atoms with Gasteiger partial charge in [0, 0.05) is 32.5 Å². The zero-order valence-electron chi connectivity index (χ0n) is 38.3. The number of nitrogens with zero attached hydrogens (tertiary/aromatic N) is 3. The van der Waals surface area contributed by atoms with Gasteiger partial charge < -0.3 is 45.7 Å². The van der Waals surface area contributed by atoms with Gasteiger partial charge in [-0.25, -0.2) is 4.68 Å². The summed E-state index contributed by atoms with van der Waals surface area (Å²) in [6.45, 7) is 8.20. The summed E-state index contributed by atoms with van der Waals surface area (Å²) in [5.41, 5.74) is 3.19. The molecule has 1 aromatic heterocycles. The van der Waals surface area contributed by atoms with Crippen molar-refractivity contribution in [1.29, 1.82) is 0 Å². The summed E-state index contributed by atoms with van der Waals surface area (Å²) < 4.78 is 18.5. The van der Waals surface area contributed by atoms with Gasteiger partial charge in [-0.05, 0) is 35.4 Å². The minimum atomic E-state index is -1.70. The number of carbonyl (C=O) groups excluding carboxylic acids is 5. The summed E-state index contributed by atoms with van der Waals surface area (Å²) in [5, 5.41) is 44.8. The molecule has 6 atom stereocenters. The molecule has 0 aliphatic heterocycles. The average Bonchev–Trinajstić information content (AvgIpc) is 3.75. The van der Waals surface area contributed by atoms with Crippen LogP contribution in [0, 0.1) is 5.92 Å². The number of carbonyl (C=O) groups is 5. The molecule has 66 heavy (non-hydrogen) atoms. The molecule has 0 aliphatic rings. The molecule has 4 rings (SSSR count). The maximum atomic E-state index is 14.2. The Kier molecular flexibility index (Phi) is 22.9. The lowest BCUT2D eigenvalue weighted by molar-refractivity contribution is -0.148. The lowest BCUT2D eigenvalue weighted by atomic mass is 10.00. The van der Waals surface area contributed by atoms with E-state index in [1.54, 1.807) is 41.1 Å². The summed E-state index contributed by atoms with van der Waals surface area (Å²) in [4.78, 5) is 66.9. The third-order valence-corrected chi connectivity index (χ3v) is 10.2. The molecule has 0 fully saturated rings. The highest BCUT2D eigenvalue weighted by atomic mass is 16.6. The van der Waals surface area contributed by atoms with Crippen molar-refractivity contribution in [2.45, 2.75) is 123 Å². The Bertz CT molecular complexity index is 2060. The largest absolute Gasteiger partial charge is 0.461 e. The Balaban J connectivity index is 1.46. The summed E-state index contributed by atoms with van der Waals surface area (Å²) >= 11 is 0. The van der Waals surface area contributed by atoms with E-state index in [1.165, 1.54) is 6.92 Å². The zero-order valence-corrected chi connectivity index (χ0v) is 38.3. The van der Waals surface area contributed by atoms with Crippen molar-refractivity contribution in [2.24, 2.45) is 5.92 Å². The van der Waals surface area contributed by atoms with Crippen molar-refractivity contribution in [1.82, 2.24) is 41.6 Å². The van der Waals surface area contributed by atoms with Crippen LogP contribution in [0.3, 0.4) is 0 Å². The molecule has 7 N–H and O–H groups in total. The van der Waals surface area contributed by atoms with Crippen LogP contribution in [0.1, 0.15) is 75.8 Å². The van der Waals surface area contributed by atoms with Crippen LogP contribution in [-0.2, 0) is 70.8 Å². The summed E-state index contributed by atoms with van der Waals surface area (Å²) in [6, 6.07) is 22.3. The molecule has 3 aromatic carbocycles. The third kappa shape index (κ3) is 20.0. The first-order valence-electron chi connectivity index (χ1n) is 22.4. The fourth-order valence-corrected chi connectivity index (χ4v) is 6.84. The summed E-state index contributed by atoms with van der Waals surface area (Å²) in [7, 11) is 0. The van der Waals surface area contributed by atoms with Gasteiger partial charge >= 0.3 is 5.97 Å². The zero-order chi connectivity index (χ0) is 47.7. The van der Waals surface area contributed by atoms with E-state index in [9.17, 15) is 34.2 Å². The van der Waals surface area contributed by atoms with Gasteiger partial charge in [0.2, 0.25) is 23.6 Å². The number of aliphatic hydroxyl groups is 2. The van der Waals surface area contributed by atoms with Gasteiger partial charge in [0.15, 0.2) is 6.29 Å². The van der Waals surface area contributed by atoms with Crippen LogP contribution in [0.5, 0.6) is 0 Å². The van der Waals surface area contributed by atoms with Gasteiger partial charge in [-0.3, -0.25) is 29.3 Å². The average molecular weight is 915 g/mol. The highest BCUT2D eigenvalue weighted by molar-refractivity contribution is 5.91. The number of hydrogen-bond acceptors (Lipinski definition) is 13. The second kappa shape index (κ2) is 28.8. The minimum absolute atomic E-state index is 0.00617. The molecule has 4 aromatic rings. The number of hydrogen-bond donors (Lipinski definition) is 7. The van der Waals surface area contributed by atoms with E-state index < -0.39 is 72.7 Å². The summed E-state index contributed by atoms with van der Waals surface area (Å²) in [5.74, 6) is -3.38. The summed E-state index contributed by atoms with van der Waals surface area (Å²) in [6.07, 6.45) is -0.106. The van der Waals surface area contributed by atoms with Gasteiger partial charge in [-0.15, -0.1) is 5.10 Å². The maximum Gasteiger partial charge on any atom is 0.308 e. The number of ether oxygens (including phenoxy) is 3. The number of aromatic nitrogens is 3. The first kappa shape index (κ1) is 52.6. The quantitative estimate of drug-likeness (QED) is 0.0226. The second-order valence-corrected chi connectivity index (χ2v) is 16.4. The molecular weight excluding hydrogens is 849 g/mol. The fraction of sp³-hybridized carbons (Fsp3) is 0.479. The van der Waals surface area contributed by atoms with Crippen molar-refractivity contribution in [2.75, 3.05) is 19.8 Å². The third-order valence-electron chi connectivity index (χ3n) is 10.2. The van der Waals surface area contributed by atoms with E-state index in [2.05, 4.69) is 43.8 Å². The van der Waals surface area contributed by atoms with Crippen LogP contribution in [0.2, 0.25) is 0 Å². The number of amides is 4. The molecule has 18 nitrogen and oxygen atoms in total. The van der Waals surface area contributed by atoms with Crippen LogP contribution >= 0.6 is 0 Å². The van der Waals surface area contributed by atoms with Crippen molar-refractivity contribution in [3.63, 3.8) is 0 Å². The van der Waals surface area contributed by atoms with Gasteiger partial charge in [0.05, 0.1) is 50.6 Å². The van der Waals surface area contributed by atoms with E-state index in [4.69, 9.17) is 14.2 Å². The van der Waals surface area contributed by atoms with Crippen molar-refractivity contribution >= 4 is 29.6 Å². The predicted molar refractivity (Wildman–Crippen MR) is 245 cm³/mol. The molecule has 0 saturated heterocycles. The van der Waals surface area contributed by atoms with Crippen LogP contribution in [0.4, 0.5) is 0 Å². The smallest absolute Gasteiger partial charge is 0.308 e. The Morgan fingerprint density at radius 2 is 1.35 bits per heavy atom. The van der Waals surface area contributed by atoms with Crippen molar-refractivity contribution < 1.29 is 48.4 Å². The first-order valence-corrected chi connectivity index (χ1v) is 22.4. The number of aryl methyl sites for hydroxylation is 1. The van der Waals surface area contributed by atoms with Gasteiger partial charge in [0.1, 0.15) is 24.9 Å². The Morgan fingerprint density at radius 3 is 1.97 bits per heavy atom. The maximum absolute atomic E-state index is 14.2. The highest BCUT2D eigenvalue weighted by Gasteiger charge is 2.34. The molecule has 0 aliphatic carbocycles. The number of nitrogens with one attached hydrogen (secondary N) is 5. The van der Waals surface area contributed by atoms with E-state index >= 15 is 0 Å². The molecule has 0 saturated carbocycles. The number of rotatable bonds is 30. The van der Waals surface area contributed by atoms with Crippen LogP contribution < -0.4 is 26.6 Å². The lowest BCUT2D eigenvalue weighted by Crippen LogP contribution is -2.61. The monoisotopic (exact) mass is 914 g/mol. The molecule has 0 radical (unpaired) electrons. The van der Waals surface area contributed by atoms with Crippen molar-refractivity contribution in [3.05, 3.63) is 120 Å². The molecule has 358 valence electrons. The Morgan fingerprint density at radius 1 is 0.727 bits per heavy atom. The van der Waals surface area contributed by atoms with E-state index in [0.717, 1.165) is 35.2 Å². The van der Waals surface area contributed by atoms with Gasteiger partial charge in [0.25, 0.3) is 0 Å². The SMILES string of the molecule is CCCc1cn(CCOCCNC(=O)[C@H](Cc2ccccc2)NC(=O)C(CC(C)C)NC(O)[C@H](CC(O)OCc2ccccc2)NC(=O)[C@@H](CC(=O)OCc2ccccc2)NC(C)=O)nn1. The Labute approximate surface area is 386 Å². The lowest BCUT2D eigenvalue weighted by Gasteiger charge is -2.32. The fourth-order valence-electron chi connectivity index (χ4n) is 6.84. The van der Waals surface area contributed by atoms with Gasteiger partial charge in [-0.1, -0.05) is 123 Å². The van der Waals surface area contributed by atoms with E-state index in [0.29, 0.717) is 13.2 Å². The van der Waals surface area contributed by atoms with E-state index in [-0.39, 0.29) is 51.5 Å². The minimum Gasteiger partial charge on any atom is -0.461 e. The molecule has 4 amide bonds. The van der Waals surface area contributed by atoms with Crippen LogP contribution in [-0.4, -0.2) is 111 Å². The standard InChI is InChI=1S/C48H66N8O10/c1-5-15-38-30-56(55-54-38)23-25-64-24-22-49-45(60)40(27-35-16-9-6-10-17-35)52-46(61)39(26-33(2)3)51-48(63)42(29-44(59)66-32-37-20-13-8-14-21-37)53-47(62)41(50-34(4)57)28-43(58)65-31-36-18-11-7-12-19-36/h6-14,16-21,30,33,39-42,44,48,51,59,63H,5,15,22-29,31-32H2,1-4H3,(H,49,60)(H,50,57)(H,52,61)(H,53,62)/t39?,40-,41+,42-,44?,48?/m0/s1. The molecule has 3 unspecified atom stereocenters. The normalized spacial score (nSPS) is 14.0. The van der Waals surface area contributed by atoms with E-state index in [1.807, 2.05) is 74.6 Å². The number of esters is 1. The first-order chi connectivity index (χ1) is 31.8.